The van der Waals surface area contributed by atoms with E-state index in [0.29, 0.717) is 11.0 Å². The summed E-state index contributed by atoms with van der Waals surface area (Å²) in [6.07, 6.45) is 7.42. The van der Waals surface area contributed by atoms with E-state index in [1.54, 1.807) is 12.3 Å². The average Bonchev–Trinajstić information content (AvgIpc) is 2.92. The average molecular weight is 587 g/mol. The molecule has 1 amide bonds. The van der Waals surface area contributed by atoms with Crippen LogP contribution in [0.4, 0.5) is 13.2 Å². The van der Waals surface area contributed by atoms with E-state index in [1.165, 1.54) is 58.2 Å². The van der Waals surface area contributed by atoms with Gasteiger partial charge in [-0.3, -0.25) is 4.79 Å². The molecule has 1 aromatic rings. The monoisotopic (exact) mass is 586 g/mol. The van der Waals surface area contributed by atoms with E-state index in [9.17, 15) is 23.1 Å². The van der Waals surface area contributed by atoms with Gasteiger partial charge in [0, 0.05) is 48.7 Å². The first kappa shape index (κ1) is 30.4. The molecule has 0 atom stereocenters. The minimum absolute atomic E-state index is 0.157. The summed E-state index contributed by atoms with van der Waals surface area (Å²) in [5, 5.41) is 28.7. The van der Waals surface area contributed by atoms with Crippen molar-refractivity contribution in [3.05, 3.63) is 64.8 Å². The van der Waals surface area contributed by atoms with Gasteiger partial charge in [-0.1, -0.05) is 6.07 Å². The zero-order valence-corrected chi connectivity index (χ0v) is 24.3. The molecule has 3 heterocycles. The van der Waals surface area contributed by atoms with E-state index >= 15 is 0 Å². The minimum Gasteiger partial charge on any atom is -0.388 e. The SMILES string of the molecule is CC(C)(O)C1=CC(=N)/C(=C\NC2CCN(CC3CC4(CCNCC4)C3)CC2)C=C1NC(=O)c1cccc(C(F)(F)F)n1. The molecule has 1 saturated carbocycles. The van der Waals surface area contributed by atoms with Crippen LogP contribution in [0.15, 0.2) is 53.4 Å². The number of rotatable bonds is 7. The van der Waals surface area contributed by atoms with E-state index in [4.69, 9.17) is 5.41 Å². The summed E-state index contributed by atoms with van der Waals surface area (Å²) in [5.41, 5.74) is -1.23. The number of nitrogens with zero attached hydrogens (tertiary/aromatic N) is 2. The summed E-state index contributed by atoms with van der Waals surface area (Å²) in [5.74, 6) is -0.0350. The van der Waals surface area contributed by atoms with Crippen LogP contribution in [0.1, 0.15) is 68.6 Å². The molecule has 1 aromatic heterocycles. The highest BCUT2D eigenvalue weighted by Crippen LogP contribution is 2.51. The zero-order valence-electron chi connectivity index (χ0n) is 24.3. The van der Waals surface area contributed by atoms with Gasteiger partial charge in [0.15, 0.2) is 0 Å². The molecule has 0 aromatic carbocycles. The predicted octanol–water partition coefficient (Wildman–Crippen LogP) is 4.16. The summed E-state index contributed by atoms with van der Waals surface area (Å²) in [6, 6.07) is 3.37. The molecule has 1 spiro atoms. The molecule has 2 aliphatic carbocycles. The lowest BCUT2D eigenvalue weighted by Crippen LogP contribution is -2.50. The number of halogens is 3. The zero-order chi connectivity index (χ0) is 30.1. The Bertz CT molecular complexity index is 1270. The number of carbonyl (C=O) groups excluding carboxylic acids is 1. The molecule has 11 heteroatoms. The van der Waals surface area contributed by atoms with E-state index in [1.807, 2.05) is 0 Å². The van der Waals surface area contributed by atoms with E-state index in [0.717, 1.165) is 57.1 Å². The first-order chi connectivity index (χ1) is 19.8. The molecule has 42 heavy (non-hydrogen) atoms. The predicted molar refractivity (Wildman–Crippen MR) is 155 cm³/mol. The Morgan fingerprint density at radius 1 is 1.19 bits per heavy atom. The number of carbonyl (C=O) groups is 1. The van der Waals surface area contributed by atoms with Crippen molar-refractivity contribution < 1.29 is 23.1 Å². The van der Waals surface area contributed by atoms with Gasteiger partial charge in [0.05, 0.1) is 11.3 Å². The Hall–Kier alpha value is -3.02. The van der Waals surface area contributed by atoms with Crippen LogP contribution in [0.25, 0.3) is 0 Å². The van der Waals surface area contributed by atoms with Crippen molar-refractivity contribution in [3.63, 3.8) is 0 Å². The maximum Gasteiger partial charge on any atom is 0.433 e. The lowest BCUT2D eigenvalue weighted by atomic mass is 9.57. The molecule has 2 aliphatic heterocycles. The Balaban J connectivity index is 1.19. The number of hydrogen-bond acceptors (Lipinski definition) is 7. The van der Waals surface area contributed by atoms with Crippen LogP contribution in [0.2, 0.25) is 0 Å². The fraction of sp³-hybridized carbons (Fsp3) is 0.581. The van der Waals surface area contributed by atoms with Gasteiger partial charge in [0.25, 0.3) is 5.91 Å². The fourth-order valence-electron chi connectivity index (χ4n) is 6.77. The van der Waals surface area contributed by atoms with Crippen LogP contribution in [0.3, 0.4) is 0 Å². The summed E-state index contributed by atoms with van der Waals surface area (Å²) in [7, 11) is 0. The van der Waals surface area contributed by atoms with Crippen molar-refractivity contribution in [2.75, 3.05) is 32.7 Å². The molecule has 0 unspecified atom stereocenters. The number of aromatic nitrogens is 1. The number of aliphatic hydroxyl groups is 1. The van der Waals surface area contributed by atoms with Crippen molar-refractivity contribution in [2.45, 2.75) is 70.2 Å². The summed E-state index contributed by atoms with van der Waals surface area (Å²) >= 11 is 0. The Morgan fingerprint density at radius 3 is 2.52 bits per heavy atom. The summed E-state index contributed by atoms with van der Waals surface area (Å²) in [4.78, 5) is 18.9. The fourth-order valence-corrected chi connectivity index (χ4v) is 6.77. The van der Waals surface area contributed by atoms with Gasteiger partial charge in [-0.05, 0) is 101 Å². The van der Waals surface area contributed by atoms with Crippen molar-refractivity contribution >= 4 is 11.6 Å². The Labute approximate surface area is 245 Å². The van der Waals surface area contributed by atoms with Gasteiger partial charge in [-0.2, -0.15) is 13.2 Å². The first-order valence-corrected chi connectivity index (χ1v) is 14.8. The van der Waals surface area contributed by atoms with Crippen LogP contribution < -0.4 is 16.0 Å². The second-order valence-electron chi connectivity index (χ2n) is 12.8. The highest BCUT2D eigenvalue weighted by molar-refractivity contribution is 6.11. The maximum absolute atomic E-state index is 13.1. The number of nitrogens with one attached hydrogen (secondary N) is 4. The van der Waals surface area contributed by atoms with Crippen LogP contribution >= 0.6 is 0 Å². The van der Waals surface area contributed by atoms with E-state index in [2.05, 4.69) is 25.8 Å². The van der Waals surface area contributed by atoms with E-state index in [-0.39, 0.29) is 23.0 Å². The number of alkyl halides is 3. The number of piperidine rings is 2. The summed E-state index contributed by atoms with van der Waals surface area (Å²) < 4.78 is 39.3. The minimum atomic E-state index is -4.68. The number of hydrogen-bond donors (Lipinski definition) is 5. The smallest absolute Gasteiger partial charge is 0.388 e. The maximum atomic E-state index is 13.1. The molecule has 3 fully saturated rings. The number of likely N-dealkylation sites (tertiary alicyclic amines) is 1. The third kappa shape index (κ3) is 7.12. The largest absolute Gasteiger partial charge is 0.433 e. The normalized spacial score (nSPS) is 23.4. The third-order valence-electron chi connectivity index (χ3n) is 9.06. The van der Waals surface area contributed by atoms with Crippen molar-refractivity contribution in [1.29, 1.82) is 5.41 Å². The van der Waals surface area contributed by atoms with E-state index < -0.39 is 29.1 Å². The highest BCUT2D eigenvalue weighted by Gasteiger charge is 2.44. The van der Waals surface area contributed by atoms with Crippen LogP contribution in [0, 0.1) is 16.7 Å². The molecular formula is C31H41F3N6O2. The Morgan fingerprint density at radius 2 is 1.88 bits per heavy atom. The van der Waals surface area contributed by atoms with Crippen molar-refractivity contribution in [1.82, 2.24) is 25.8 Å². The van der Waals surface area contributed by atoms with Gasteiger partial charge < -0.3 is 31.4 Å². The Kier molecular flexibility index (Phi) is 8.65. The van der Waals surface area contributed by atoms with Crippen molar-refractivity contribution in [3.8, 4) is 0 Å². The van der Waals surface area contributed by atoms with Crippen LogP contribution in [-0.2, 0) is 6.18 Å². The molecule has 2 saturated heterocycles. The lowest BCUT2D eigenvalue weighted by molar-refractivity contribution is -0.141. The quantitative estimate of drug-likeness (QED) is 0.328. The number of allylic oxidation sites excluding steroid dienone is 3. The van der Waals surface area contributed by atoms with Gasteiger partial charge >= 0.3 is 6.18 Å². The lowest BCUT2D eigenvalue weighted by Gasteiger charge is -2.52. The number of amides is 1. The molecular weight excluding hydrogens is 545 g/mol. The second-order valence-corrected chi connectivity index (χ2v) is 12.8. The molecule has 4 aliphatic rings. The van der Waals surface area contributed by atoms with Crippen LogP contribution in [0.5, 0.6) is 0 Å². The van der Waals surface area contributed by atoms with Crippen LogP contribution in [-0.4, -0.2) is 71.0 Å². The molecule has 0 radical (unpaired) electrons. The second kappa shape index (κ2) is 11.9. The summed E-state index contributed by atoms with van der Waals surface area (Å²) in [6.45, 7) is 8.56. The molecule has 0 bridgehead atoms. The molecule has 5 N–H and O–H groups in total. The standard InChI is InChI=1S/C31H41F3N6O2/c1-29(2,42)23-15-24(35)21(14-26(23)39-28(41)25-4-3-5-27(38-25)31(32,33)34)18-37-22-6-12-40(13-7-22)19-20-16-30(17-20)8-10-36-11-9-30/h3-5,14-15,18,20,22,35-37,42H,6-13,16-17,19H2,1-2H3,(H,39,41)/b21-18-,35-24?. The van der Waals surface area contributed by atoms with Gasteiger partial charge in [0.2, 0.25) is 0 Å². The first-order valence-electron chi connectivity index (χ1n) is 14.8. The van der Waals surface area contributed by atoms with Gasteiger partial charge in [-0.15, -0.1) is 0 Å². The van der Waals surface area contributed by atoms with Gasteiger partial charge in [0.1, 0.15) is 11.4 Å². The molecule has 5 rings (SSSR count). The molecule has 8 nitrogen and oxygen atoms in total. The highest BCUT2D eigenvalue weighted by atomic mass is 19.4. The van der Waals surface area contributed by atoms with Gasteiger partial charge in [-0.25, -0.2) is 4.98 Å². The third-order valence-corrected chi connectivity index (χ3v) is 9.06. The molecule has 228 valence electrons. The van der Waals surface area contributed by atoms with Crippen molar-refractivity contribution in [2.24, 2.45) is 11.3 Å². The number of pyridine rings is 1. The topological polar surface area (TPSA) is 113 Å².